The first-order chi connectivity index (χ1) is 11.5. The second-order valence-corrected chi connectivity index (χ2v) is 6.51. The van der Waals surface area contributed by atoms with Gasteiger partial charge in [-0.05, 0) is 45.1 Å². The molecular formula is C18H36IN5O. The van der Waals surface area contributed by atoms with Gasteiger partial charge in [-0.3, -0.25) is 9.67 Å². The number of aliphatic imine (C=N–C) groups is 1. The van der Waals surface area contributed by atoms with Crippen LogP contribution in [0.25, 0.3) is 0 Å². The van der Waals surface area contributed by atoms with Crippen LogP contribution in [-0.2, 0) is 18.2 Å². The van der Waals surface area contributed by atoms with E-state index in [0.717, 1.165) is 44.2 Å². The van der Waals surface area contributed by atoms with E-state index in [0.29, 0.717) is 19.1 Å². The fourth-order valence-electron chi connectivity index (χ4n) is 2.47. The lowest BCUT2D eigenvalue weighted by Crippen LogP contribution is -2.38. The number of nitrogens with one attached hydrogen (secondary N) is 2. The number of rotatable bonds is 10. The van der Waals surface area contributed by atoms with Crippen LogP contribution in [0.3, 0.4) is 0 Å². The van der Waals surface area contributed by atoms with Gasteiger partial charge in [0.05, 0.1) is 18.8 Å². The molecule has 0 unspecified atom stereocenters. The average molecular weight is 465 g/mol. The molecule has 6 nitrogen and oxygen atoms in total. The minimum Gasteiger partial charge on any atom is -0.380 e. The smallest absolute Gasteiger partial charge is 0.191 e. The first kappa shape index (κ1) is 24.2. The molecule has 1 heterocycles. The normalized spacial score (nSPS) is 11.6. The molecule has 7 heteroatoms. The highest BCUT2D eigenvalue weighted by molar-refractivity contribution is 14.0. The highest BCUT2D eigenvalue weighted by Crippen LogP contribution is 2.11. The summed E-state index contributed by atoms with van der Waals surface area (Å²) in [5.41, 5.74) is 3.66. The lowest BCUT2D eigenvalue weighted by Gasteiger charge is -2.12. The van der Waals surface area contributed by atoms with Crippen molar-refractivity contribution in [3.63, 3.8) is 0 Å². The molecule has 146 valence electrons. The summed E-state index contributed by atoms with van der Waals surface area (Å²) >= 11 is 0. The van der Waals surface area contributed by atoms with Crippen molar-refractivity contribution < 1.29 is 4.74 Å². The fraction of sp³-hybridized carbons (Fsp3) is 0.778. The average Bonchev–Trinajstić information content (AvgIpc) is 2.76. The standard InChI is InChI=1S/C18H35N5O.HI/c1-7-19-18(21-11-13-24-12-9-14(2)3)20-10-8-17-15(4)22-23(6)16(17)5;/h14H,7-13H2,1-6H3,(H2,19,20,21);1H. The monoisotopic (exact) mass is 465 g/mol. The van der Waals surface area contributed by atoms with Gasteiger partial charge < -0.3 is 15.4 Å². The van der Waals surface area contributed by atoms with Gasteiger partial charge in [0.2, 0.25) is 0 Å². The van der Waals surface area contributed by atoms with E-state index in [2.05, 4.69) is 55.3 Å². The number of ether oxygens (including phenoxy) is 1. The summed E-state index contributed by atoms with van der Waals surface area (Å²) in [5, 5.41) is 11.1. The summed E-state index contributed by atoms with van der Waals surface area (Å²) in [6.07, 6.45) is 2.05. The highest BCUT2D eigenvalue weighted by Gasteiger charge is 2.08. The molecule has 0 aliphatic carbocycles. The van der Waals surface area contributed by atoms with Crippen LogP contribution >= 0.6 is 24.0 Å². The van der Waals surface area contributed by atoms with Crippen LogP contribution in [0.1, 0.15) is 44.1 Å². The van der Waals surface area contributed by atoms with E-state index in [1.54, 1.807) is 0 Å². The van der Waals surface area contributed by atoms with Crippen LogP contribution in [0.2, 0.25) is 0 Å². The quantitative estimate of drug-likeness (QED) is 0.242. The summed E-state index contributed by atoms with van der Waals surface area (Å²) < 4.78 is 7.55. The molecule has 0 amide bonds. The van der Waals surface area contributed by atoms with E-state index in [1.165, 1.54) is 11.3 Å². The first-order valence-corrected chi connectivity index (χ1v) is 9.04. The Hall–Kier alpha value is -0.830. The molecule has 1 aromatic heterocycles. The Kier molecular flexibility index (Phi) is 12.9. The SMILES string of the molecule is CCNC(=NCCOCCC(C)C)NCCc1c(C)nn(C)c1C.I. The topological polar surface area (TPSA) is 63.5 Å². The maximum Gasteiger partial charge on any atom is 0.191 e. The van der Waals surface area contributed by atoms with Crippen LogP contribution < -0.4 is 10.6 Å². The molecule has 25 heavy (non-hydrogen) atoms. The van der Waals surface area contributed by atoms with E-state index < -0.39 is 0 Å². The molecule has 0 spiro atoms. The van der Waals surface area contributed by atoms with Gasteiger partial charge >= 0.3 is 0 Å². The number of nitrogens with zero attached hydrogens (tertiary/aromatic N) is 3. The van der Waals surface area contributed by atoms with Gasteiger partial charge in [-0.1, -0.05) is 13.8 Å². The molecule has 0 saturated heterocycles. The van der Waals surface area contributed by atoms with E-state index in [-0.39, 0.29) is 24.0 Å². The number of hydrogen-bond acceptors (Lipinski definition) is 3. The van der Waals surface area contributed by atoms with Gasteiger partial charge in [-0.15, -0.1) is 24.0 Å². The third-order valence-corrected chi connectivity index (χ3v) is 4.02. The number of hydrogen-bond donors (Lipinski definition) is 2. The number of guanidine groups is 1. The highest BCUT2D eigenvalue weighted by atomic mass is 127. The molecule has 0 atom stereocenters. The first-order valence-electron chi connectivity index (χ1n) is 9.04. The van der Waals surface area contributed by atoms with Crippen molar-refractivity contribution in [1.29, 1.82) is 0 Å². The minimum absolute atomic E-state index is 0. The Morgan fingerprint density at radius 2 is 1.96 bits per heavy atom. The largest absolute Gasteiger partial charge is 0.380 e. The van der Waals surface area contributed by atoms with Crippen LogP contribution in [0.5, 0.6) is 0 Å². The second kappa shape index (κ2) is 13.4. The molecule has 0 bridgehead atoms. The zero-order chi connectivity index (χ0) is 17.9. The van der Waals surface area contributed by atoms with Crippen molar-refractivity contribution in [2.45, 2.75) is 47.5 Å². The third kappa shape index (κ3) is 9.44. The maximum atomic E-state index is 5.61. The van der Waals surface area contributed by atoms with Gasteiger partial charge in [0, 0.05) is 32.4 Å². The number of halogens is 1. The molecule has 0 aromatic carbocycles. The van der Waals surface area contributed by atoms with Gasteiger partial charge in [-0.25, -0.2) is 0 Å². The third-order valence-electron chi connectivity index (χ3n) is 4.02. The van der Waals surface area contributed by atoms with E-state index in [9.17, 15) is 0 Å². The van der Waals surface area contributed by atoms with Crippen LogP contribution in [0, 0.1) is 19.8 Å². The summed E-state index contributed by atoms with van der Waals surface area (Å²) in [7, 11) is 1.99. The lowest BCUT2D eigenvalue weighted by atomic mass is 10.1. The Balaban J connectivity index is 0.00000576. The summed E-state index contributed by atoms with van der Waals surface area (Å²) in [6.45, 7) is 14.5. The molecule has 0 radical (unpaired) electrons. The van der Waals surface area contributed by atoms with Gasteiger partial charge in [-0.2, -0.15) is 5.10 Å². The zero-order valence-corrected chi connectivity index (χ0v) is 19.0. The van der Waals surface area contributed by atoms with Crippen LogP contribution in [0.4, 0.5) is 0 Å². The molecule has 0 fully saturated rings. The molecule has 1 aromatic rings. The Bertz CT molecular complexity index is 514. The predicted molar refractivity (Wildman–Crippen MR) is 116 cm³/mol. The van der Waals surface area contributed by atoms with Crippen molar-refractivity contribution in [3.05, 3.63) is 17.0 Å². The van der Waals surface area contributed by atoms with Crippen molar-refractivity contribution in [2.75, 3.05) is 32.8 Å². The Labute approximate surface area is 170 Å². The Morgan fingerprint density at radius 3 is 2.52 bits per heavy atom. The summed E-state index contributed by atoms with van der Waals surface area (Å²) in [5.74, 6) is 1.54. The molecule has 1 rings (SSSR count). The van der Waals surface area contributed by atoms with Crippen molar-refractivity contribution >= 4 is 29.9 Å². The Morgan fingerprint density at radius 1 is 1.24 bits per heavy atom. The number of aryl methyl sites for hydroxylation is 2. The van der Waals surface area contributed by atoms with Gasteiger partial charge in [0.1, 0.15) is 0 Å². The van der Waals surface area contributed by atoms with E-state index in [1.807, 2.05) is 11.7 Å². The fourth-order valence-corrected chi connectivity index (χ4v) is 2.47. The molecule has 0 aliphatic heterocycles. The van der Waals surface area contributed by atoms with Crippen molar-refractivity contribution in [2.24, 2.45) is 18.0 Å². The molecule has 0 saturated carbocycles. The van der Waals surface area contributed by atoms with Crippen molar-refractivity contribution in [1.82, 2.24) is 20.4 Å². The van der Waals surface area contributed by atoms with Gasteiger partial charge in [0.15, 0.2) is 5.96 Å². The van der Waals surface area contributed by atoms with E-state index >= 15 is 0 Å². The number of aromatic nitrogens is 2. The maximum absolute atomic E-state index is 5.61. The molecular weight excluding hydrogens is 429 g/mol. The predicted octanol–water partition coefficient (Wildman–Crippen LogP) is 2.82. The second-order valence-electron chi connectivity index (χ2n) is 6.51. The van der Waals surface area contributed by atoms with Crippen LogP contribution in [0.15, 0.2) is 4.99 Å². The van der Waals surface area contributed by atoms with Gasteiger partial charge in [0.25, 0.3) is 0 Å². The summed E-state index contributed by atoms with van der Waals surface area (Å²) in [4.78, 5) is 4.56. The molecule has 2 N–H and O–H groups in total. The summed E-state index contributed by atoms with van der Waals surface area (Å²) in [6, 6.07) is 0. The lowest BCUT2D eigenvalue weighted by molar-refractivity contribution is 0.130. The zero-order valence-electron chi connectivity index (χ0n) is 16.7. The molecule has 0 aliphatic rings. The van der Waals surface area contributed by atoms with Crippen molar-refractivity contribution in [3.8, 4) is 0 Å². The van der Waals surface area contributed by atoms with Crippen LogP contribution in [-0.4, -0.2) is 48.6 Å². The van der Waals surface area contributed by atoms with E-state index in [4.69, 9.17) is 4.74 Å². The minimum atomic E-state index is 0.